The normalized spacial score (nSPS) is 45.0. The second-order valence-corrected chi connectivity index (χ2v) is 8.36. The van der Waals surface area contributed by atoms with Crippen molar-refractivity contribution in [3.8, 4) is 0 Å². The average molecular weight is 338 g/mol. The van der Waals surface area contributed by atoms with Gasteiger partial charge in [-0.2, -0.15) is 0 Å². The molecule has 2 aliphatic heterocycles. The SMILES string of the molecule is CC(C)[C@@]12/C=C/[C@](C)(O)CC/C=C(\CO)CC[C@H](O1)[C@@](C)(O)CC2. The van der Waals surface area contributed by atoms with E-state index in [4.69, 9.17) is 4.74 Å². The van der Waals surface area contributed by atoms with Gasteiger partial charge in [-0.25, -0.2) is 0 Å². The van der Waals surface area contributed by atoms with Crippen LogP contribution in [0.5, 0.6) is 0 Å². The molecule has 4 heteroatoms. The van der Waals surface area contributed by atoms with Crippen LogP contribution in [0.1, 0.15) is 66.2 Å². The van der Waals surface area contributed by atoms with Crippen molar-refractivity contribution in [2.24, 2.45) is 5.92 Å². The smallest absolute Gasteiger partial charge is 0.0892 e. The molecule has 2 aliphatic rings. The third-order valence-corrected chi connectivity index (χ3v) is 5.79. The lowest BCUT2D eigenvalue weighted by Gasteiger charge is -2.49. The first-order valence-corrected chi connectivity index (χ1v) is 9.22. The fourth-order valence-electron chi connectivity index (χ4n) is 3.70. The molecule has 0 aromatic rings. The fraction of sp³-hybridized carbons (Fsp3) is 0.800. The van der Waals surface area contributed by atoms with Gasteiger partial charge >= 0.3 is 0 Å². The van der Waals surface area contributed by atoms with Crippen LogP contribution in [-0.4, -0.2) is 44.8 Å². The number of aliphatic hydroxyl groups excluding tert-OH is 1. The van der Waals surface area contributed by atoms with Crippen molar-refractivity contribution in [2.45, 2.75) is 89.1 Å². The van der Waals surface area contributed by atoms with Crippen LogP contribution in [-0.2, 0) is 4.74 Å². The van der Waals surface area contributed by atoms with E-state index in [0.29, 0.717) is 25.7 Å². The van der Waals surface area contributed by atoms with Crippen molar-refractivity contribution in [3.63, 3.8) is 0 Å². The van der Waals surface area contributed by atoms with Crippen molar-refractivity contribution in [1.29, 1.82) is 0 Å². The summed E-state index contributed by atoms with van der Waals surface area (Å²) in [7, 11) is 0. The van der Waals surface area contributed by atoms with Crippen LogP contribution in [0.2, 0.25) is 0 Å². The lowest BCUT2D eigenvalue weighted by atomic mass is 9.75. The first-order chi connectivity index (χ1) is 11.1. The van der Waals surface area contributed by atoms with E-state index in [1.807, 2.05) is 32.1 Å². The third kappa shape index (κ3) is 4.48. The summed E-state index contributed by atoms with van der Waals surface area (Å²) >= 11 is 0. The quantitative estimate of drug-likeness (QED) is 0.677. The highest BCUT2D eigenvalue weighted by molar-refractivity contribution is 5.15. The van der Waals surface area contributed by atoms with Crippen molar-refractivity contribution >= 4 is 0 Å². The Hall–Kier alpha value is -0.680. The van der Waals surface area contributed by atoms with Gasteiger partial charge in [0.1, 0.15) is 0 Å². The van der Waals surface area contributed by atoms with Crippen molar-refractivity contribution in [1.82, 2.24) is 0 Å². The minimum atomic E-state index is -0.906. The first kappa shape index (κ1) is 19.6. The molecule has 4 nitrogen and oxygen atoms in total. The van der Waals surface area contributed by atoms with Gasteiger partial charge in [0.25, 0.3) is 0 Å². The number of fused-ring (bicyclic) bond motifs is 2. The van der Waals surface area contributed by atoms with Crippen LogP contribution >= 0.6 is 0 Å². The maximum atomic E-state index is 10.8. The molecule has 0 saturated carbocycles. The molecule has 0 amide bonds. The van der Waals surface area contributed by atoms with Crippen molar-refractivity contribution < 1.29 is 20.1 Å². The summed E-state index contributed by atoms with van der Waals surface area (Å²) in [4.78, 5) is 0. The zero-order valence-corrected chi connectivity index (χ0v) is 15.6. The molecule has 3 N–H and O–H groups in total. The molecule has 24 heavy (non-hydrogen) atoms. The van der Waals surface area contributed by atoms with E-state index in [2.05, 4.69) is 13.8 Å². The monoisotopic (exact) mass is 338 g/mol. The van der Waals surface area contributed by atoms with Crippen LogP contribution in [0.3, 0.4) is 0 Å². The number of hydrogen-bond acceptors (Lipinski definition) is 4. The van der Waals surface area contributed by atoms with E-state index in [-0.39, 0.29) is 18.6 Å². The van der Waals surface area contributed by atoms with Gasteiger partial charge in [-0.3, -0.25) is 0 Å². The topological polar surface area (TPSA) is 69.9 Å². The highest BCUT2D eigenvalue weighted by Crippen LogP contribution is 2.43. The summed E-state index contributed by atoms with van der Waals surface area (Å²) in [6, 6.07) is 0. The van der Waals surface area contributed by atoms with Crippen molar-refractivity contribution in [3.05, 3.63) is 23.8 Å². The van der Waals surface area contributed by atoms with Crippen LogP contribution in [0, 0.1) is 5.92 Å². The molecular formula is C20H34O4. The number of rotatable bonds is 2. The van der Waals surface area contributed by atoms with Gasteiger partial charge < -0.3 is 20.1 Å². The summed E-state index contributed by atoms with van der Waals surface area (Å²) in [6.07, 6.45) is 9.76. The Morgan fingerprint density at radius 2 is 1.88 bits per heavy atom. The van der Waals surface area contributed by atoms with E-state index in [0.717, 1.165) is 18.4 Å². The van der Waals surface area contributed by atoms with Gasteiger partial charge in [0.05, 0.1) is 29.5 Å². The van der Waals surface area contributed by atoms with Gasteiger partial charge in [-0.15, -0.1) is 0 Å². The van der Waals surface area contributed by atoms with Gasteiger partial charge in [0, 0.05) is 0 Å². The molecule has 4 atom stereocenters. The lowest BCUT2D eigenvalue weighted by molar-refractivity contribution is -0.210. The second kappa shape index (κ2) is 7.28. The minimum Gasteiger partial charge on any atom is -0.392 e. The third-order valence-electron chi connectivity index (χ3n) is 5.79. The predicted octanol–water partition coefficient (Wildman–Crippen LogP) is 3.11. The Morgan fingerprint density at radius 3 is 2.50 bits per heavy atom. The van der Waals surface area contributed by atoms with Crippen molar-refractivity contribution in [2.75, 3.05) is 6.61 Å². The molecule has 0 aliphatic carbocycles. The lowest BCUT2D eigenvalue weighted by Crippen LogP contribution is -2.55. The molecule has 0 radical (unpaired) electrons. The number of ether oxygens (including phenoxy) is 1. The standard InChI is InChI=1S/C20H34O4/c1-15(2)20-12-10-18(3,22)9-5-6-16(14-21)7-8-17(24-20)19(4,23)11-13-20/h6,10,12,15,17,21-23H,5,7-9,11,13-14H2,1-4H3/b12-10+,16-6-/t17-,18+,19-,20-/m0/s1. The molecule has 0 unspecified atom stereocenters. The number of allylic oxidation sites excluding steroid dienone is 1. The van der Waals surface area contributed by atoms with Gasteiger partial charge in [-0.1, -0.05) is 32.1 Å². The molecular weight excluding hydrogens is 304 g/mol. The van der Waals surface area contributed by atoms with Crippen LogP contribution in [0.4, 0.5) is 0 Å². The average Bonchev–Trinajstić information content (AvgIpc) is 2.49. The molecule has 138 valence electrons. The molecule has 2 heterocycles. The van der Waals surface area contributed by atoms with E-state index >= 15 is 0 Å². The Balaban J connectivity index is 2.38. The molecule has 2 bridgehead atoms. The van der Waals surface area contributed by atoms with E-state index in [1.165, 1.54) is 0 Å². The summed E-state index contributed by atoms with van der Waals surface area (Å²) in [5, 5.41) is 31.0. The maximum Gasteiger partial charge on any atom is 0.0892 e. The molecule has 1 saturated heterocycles. The van der Waals surface area contributed by atoms with Gasteiger partial charge in [-0.05, 0) is 63.9 Å². The summed E-state index contributed by atoms with van der Waals surface area (Å²) < 4.78 is 6.45. The van der Waals surface area contributed by atoms with Gasteiger partial charge in [0.15, 0.2) is 0 Å². The Kier molecular flexibility index (Phi) is 5.96. The van der Waals surface area contributed by atoms with Crippen LogP contribution in [0.25, 0.3) is 0 Å². The van der Waals surface area contributed by atoms with E-state index in [9.17, 15) is 15.3 Å². The fourth-order valence-corrected chi connectivity index (χ4v) is 3.70. The molecule has 0 spiro atoms. The first-order valence-electron chi connectivity index (χ1n) is 9.22. The minimum absolute atomic E-state index is 0.0160. The van der Waals surface area contributed by atoms with Crippen LogP contribution < -0.4 is 0 Å². The molecule has 2 rings (SSSR count). The Morgan fingerprint density at radius 1 is 1.17 bits per heavy atom. The largest absolute Gasteiger partial charge is 0.392 e. The van der Waals surface area contributed by atoms with E-state index in [1.54, 1.807) is 0 Å². The molecule has 1 fully saturated rings. The Bertz CT molecular complexity index is 490. The summed E-state index contributed by atoms with van der Waals surface area (Å²) in [6.45, 7) is 7.92. The van der Waals surface area contributed by atoms with Gasteiger partial charge in [0.2, 0.25) is 0 Å². The second-order valence-electron chi connectivity index (χ2n) is 8.36. The zero-order valence-electron chi connectivity index (χ0n) is 15.6. The number of aliphatic hydroxyl groups is 3. The Labute approximate surface area is 146 Å². The predicted molar refractivity (Wildman–Crippen MR) is 95.7 cm³/mol. The molecule has 0 aromatic heterocycles. The zero-order chi connectivity index (χ0) is 18.0. The maximum absolute atomic E-state index is 10.8. The highest BCUT2D eigenvalue weighted by Gasteiger charge is 2.47. The summed E-state index contributed by atoms with van der Waals surface area (Å²) in [5.41, 5.74) is -1.27. The van der Waals surface area contributed by atoms with Crippen LogP contribution in [0.15, 0.2) is 23.8 Å². The van der Waals surface area contributed by atoms with E-state index < -0.39 is 16.8 Å². The summed E-state index contributed by atoms with van der Waals surface area (Å²) in [5.74, 6) is 0.249. The molecule has 0 aromatic carbocycles. The number of hydrogen-bond donors (Lipinski definition) is 3. The highest BCUT2D eigenvalue weighted by atomic mass is 16.5.